The molecule has 162 valence electrons. The number of carbonyl (C=O) groups is 2. The van der Waals surface area contributed by atoms with Gasteiger partial charge in [0.05, 0.1) is 13.2 Å². The second kappa shape index (κ2) is 13.2. The molecule has 7 nitrogen and oxygen atoms in total. The molecule has 0 saturated carbocycles. The van der Waals surface area contributed by atoms with E-state index in [1.165, 1.54) is 0 Å². The minimum atomic E-state index is -0.712. The lowest BCUT2D eigenvalue weighted by Crippen LogP contribution is -2.48. The van der Waals surface area contributed by atoms with Crippen molar-refractivity contribution in [3.63, 3.8) is 0 Å². The van der Waals surface area contributed by atoms with Crippen LogP contribution in [-0.2, 0) is 9.59 Å². The first-order valence-electron chi connectivity index (χ1n) is 9.10. The molecule has 0 aliphatic carbocycles. The van der Waals surface area contributed by atoms with Crippen LogP contribution < -0.4 is 26.8 Å². The lowest BCUT2D eigenvalue weighted by atomic mass is 10.1. The number of amides is 2. The minimum absolute atomic E-state index is 0. The van der Waals surface area contributed by atoms with E-state index in [1.807, 2.05) is 30.3 Å². The van der Waals surface area contributed by atoms with Crippen LogP contribution in [0.15, 0.2) is 36.4 Å². The molecule has 2 aromatic rings. The van der Waals surface area contributed by atoms with Crippen molar-refractivity contribution < 1.29 is 14.3 Å². The molecule has 0 fully saturated rings. The summed E-state index contributed by atoms with van der Waals surface area (Å²) in [5, 5.41) is 7.38. The van der Waals surface area contributed by atoms with Crippen molar-refractivity contribution >= 4 is 53.1 Å². The molecule has 0 aliphatic heterocycles. The first kappa shape index (κ1) is 26.9. The van der Waals surface area contributed by atoms with E-state index < -0.39 is 12.1 Å². The highest BCUT2D eigenvalue weighted by Crippen LogP contribution is 2.29. The third-order valence-corrected chi connectivity index (χ3v) is 4.37. The van der Waals surface area contributed by atoms with Crippen LogP contribution >= 0.6 is 24.8 Å². The van der Waals surface area contributed by atoms with E-state index in [0.717, 1.165) is 23.6 Å². The molecule has 2 aromatic carbocycles. The Hall–Kier alpha value is -2.06. The van der Waals surface area contributed by atoms with Gasteiger partial charge >= 0.3 is 0 Å². The Labute approximate surface area is 183 Å². The van der Waals surface area contributed by atoms with E-state index in [1.54, 1.807) is 20.1 Å². The summed E-state index contributed by atoms with van der Waals surface area (Å²) in [6, 6.07) is 10.0. The molecule has 2 unspecified atom stereocenters. The van der Waals surface area contributed by atoms with Crippen molar-refractivity contribution in [3.05, 3.63) is 36.4 Å². The molecule has 9 heteroatoms. The zero-order valence-electron chi connectivity index (χ0n) is 16.6. The fourth-order valence-electron chi connectivity index (χ4n) is 2.79. The quantitative estimate of drug-likeness (QED) is 0.443. The van der Waals surface area contributed by atoms with Gasteiger partial charge in [0.2, 0.25) is 11.8 Å². The second-order valence-electron chi connectivity index (χ2n) is 6.51. The molecule has 2 rings (SSSR count). The van der Waals surface area contributed by atoms with Gasteiger partial charge in [-0.05, 0) is 37.8 Å². The molecule has 29 heavy (non-hydrogen) atoms. The van der Waals surface area contributed by atoms with E-state index in [9.17, 15) is 9.59 Å². The zero-order valence-corrected chi connectivity index (χ0v) is 18.3. The number of carbonyl (C=O) groups excluding carboxylic acids is 2. The number of benzene rings is 2. The molecule has 0 spiro atoms. The molecule has 0 saturated heterocycles. The molecule has 0 bridgehead atoms. The summed E-state index contributed by atoms with van der Waals surface area (Å²) in [7, 11) is 1.59. The van der Waals surface area contributed by atoms with Gasteiger partial charge in [-0.2, -0.15) is 0 Å². The van der Waals surface area contributed by atoms with Crippen molar-refractivity contribution in [1.82, 2.24) is 5.32 Å². The van der Waals surface area contributed by atoms with Crippen LogP contribution in [0.1, 0.15) is 26.2 Å². The zero-order chi connectivity index (χ0) is 19.8. The number of halogens is 2. The van der Waals surface area contributed by atoms with Gasteiger partial charge in [-0.15, -0.1) is 24.8 Å². The van der Waals surface area contributed by atoms with Crippen molar-refractivity contribution in [2.24, 2.45) is 11.5 Å². The number of hydrogen-bond donors (Lipinski definition) is 4. The Morgan fingerprint density at radius 2 is 1.79 bits per heavy atom. The highest BCUT2D eigenvalue weighted by atomic mass is 35.5. The molecule has 6 N–H and O–H groups in total. The summed E-state index contributed by atoms with van der Waals surface area (Å²) in [6.07, 6.45) is 2.14. The van der Waals surface area contributed by atoms with Gasteiger partial charge in [-0.25, -0.2) is 0 Å². The maximum Gasteiger partial charge on any atom is 0.246 e. The fraction of sp³-hybridized carbons (Fsp3) is 0.400. The molecule has 0 aromatic heterocycles. The average Bonchev–Trinajstić information content (AvgIpc) is 2.67. The van der Waals surface area contributed by atoms with E-state index in [-0.39, 0.29) is 36.6 Å². The van der Waals surface area contributed by atoms with E-state index >= 15 is 0 Å². The van der Waals surface area contributed by atoms with Crippen molar-refractivity contribution in [1.29, 1.82) is 0 Å². The Kier molecular flexibility index (Phi) is 12.3. The number of rotatable bonds is 9. The standard InChI is InChI=1S/C20H28N4O3.2ClH/c1-13(23-20(26)17(22)9-5-6-10-21)19(25)24-15-11-14-7-3-4-8-16(14)18(12-15)27-2;;/h3-4,7-8,11-13,17H,5-6,9-10,21-22H2,1-2H3,(H,23,26)(H,24,25);2*1H. The summed E-state index contributed by atoms with van der Waals surface area (Å²) in [5.41, 5.74) is 11.9. The Morgan fingerprint density at radius 1 is 1.10 bits per heavy atom. The van der Waals surface area contributed by atoms with Crippen LogP contribution in [0.25, 0.3) is 10.8 Å². The summed E-state index contributed by atoms with van der Waals surface area (Å²) in [4.78, 5) is 24.6. The second-order valence-corrected chi connectivity index (χ2v) is 6.51. The number of nitrogens with two attached hydrogens (primary N) is 2. The topological polar surface area (TPSA) is 119 Å². The lowest BCUT2D eigenvalue weighted by molar-refractivity contribution is -0.127. The Balaban J connectivity index is 0.00000392. The van der Waals surface area contributed by atoms with Crippen molar-refractivity contribution in [2.45, 2.75) is 38.3 Å². The van der Waals surface area contributed by atoms with E-state index in [2.05, 4.69) is 10.6 Å². The SMILES string of the molecule is COc1cc(NC(=O)C(C)NC(=O)C(N)CCCCN)cc2ccccc12.Cl.Cl. The van der Waals surface area contributed by atoms with Gasteiger partial charge in [-0.1, -0.05) is 30.7 Å². The number of unbranched alkanes of at least 4 members (excludes halogenated alkanes) is 1. The summed E-state index contributed by atoms with van der Waals surface area (Å²) in [6.45, 7) is 2.19. The largest absolute Gasteiger partial charge is 0.496 e. The van der Waals surface area contributed by atoms with Crippen LogP contribution in [0, 0.1) is 0 Å². The van der Waals surface area contributed by atoms with Crippen LogP contribution in [0.2, 0.25) is 0 Å². The fourth-order valence-corrected chi connectivity index (χ4v) is 2.79. The van der Waals surface area contributed by atoms with Gasteiger partial charge < -0.3 is 26.8 Å². The van der Waals surface area contributed by atoms with Gasteiger partial charge in [-0.3, -0.25) is 9.59 Å². The minimum Gasteiger partial charge on any atom is -0.496 e. The number of hydrogen-bond acceptors (Lipinski definition) is 5. The molecule has 0 aliphatic rings. The van der Waals surface area contributed by atoms with Crippen LogP contribution in [0.5, 0.6) is 5.75 Å². The molecular weight excluding hydrogens is 415 g/mol. The molecular formula is C20H30Cl2N4O3. The van der Waals surface area contributed by atoms with Gasteiger partial charge in [0, 0.05) is 17.1 Å². The first-order chi connectivity index (χ1) is 13.0. The van der Waals surface area contributed by atoms with E-state index in [4.69, 9.17) is 16.2 Å². The smallest absolute Gasteiger partial charge is 0.246 e. The number of fused-ring (bicyclic) bond motifs is 1. The number of anilines is 1. The Morgan fingerprint density at radius 3 is 2.45 bits per heavy atom. The maximum atomic E-state index is 12.4. The highest BCUT2D eigenvalue weighted by Gasteiger charge is 2.20. The van der Waals surface area contributed by atoms with Gasteiger partial charge in [0.1, 0.15) is 11.8 Å². The summed E-state index contributed by atoms with van der Waals surface area (Å²) in [5.74, 6) is 0.00243. The van der Waals surface area contributed by atoms with Crippen LogP contribution in [0.3, 0.4) is 0 Å². The molecule has 0 radical (unpaired) electrons. The van der Waals surface area contributed by atoms with Gasteiger partial charge in [0.25, 0.3) is 0 Å². The molecule has 2 amide bonds. The van der Waals surface area contributed by atoms with Crippen molar-refractivity contribution in [2.75, 3.05) is 19.0 Å². The number of ether oxygens (including phenoxy) is 1. The van der Waals surface area contributed by atoms with E-state index in [0.29, 0.717) is 24.4 Å². The van der Waals surface area contributed by atoms with Crippen molar-refractivity contribution in [3.8, 4) is 5.75 Å². The summed E-state index contributed by atoms with van der Waals surface area (Å²) >= 11 is 0. The van der Waals surface area contributed by atoms with Gasteiger partial charge in [0.15, 0.2) is 0 Å². The van der Waals surface area contributed by atoms with Crippen LogP contribution in [-0.4, -0.2) is 37.6 Å². The molecule has 0 heterocycles. The lowest BCUT2D eigenvalue weighted by Gasteiger charge is -2.18. The van der Waals surface area contributed by atoms with Crippen LogP contribution in [0.4, 0.5) is 5.69 Å². The predicted molar refractivity (Wildman–Crippen MR) is 122 cm³/mol. The first-order valence-corrected chi connectivity index (χ1v) is 9.10. The average molecular weight is 445 g/mol. The predicted octanol–water partition coefficient (Wildman–Crippen LogP) is 2.59. The number of nitrogens with one attached hydrogen (secondary N) is 2. The Bertz CT molecular complexity index is 804. The normalized spacial score (nSPS) is 12.1. The summed E-state index contributed by atoms with van der Waals surface area (Å²) < 4.78 is 5.41. The maximum absolute atomic E-state index is 12.4. The third-order valence-electron chi connectivity index (χ3n) is 4.37. The third kappa shape index (κ3) is 7.70. The number of methoxy groups -OCH3 is 1. The monoisotopic (exact) mass is 444 g/mol. The highest BCUT2D eigenvalue weighted by molar-refractivity contribution is 6.00. The molecule has 2 atom stereocenters.